The van der Waals surface area contributed by atoms with E-state index in [0.717, 1.165) is 4.90 Å². The number of anilines is 1. The normalized spacial score (nSPS) is 13.0. The first-order chi connectivity index (χ1) is 11.4. The quantitative estimate of drug-likeness (QED) is 0.684. The number of carboxylic acid groups (broad SMARTS) is 1. The van der Waals surface area contributed by atoms with Crippen LogP contribution in [0.25, 0.3) is 0 Å². The molecule has 7 heteroatoms. The van der Waals surface area contributed by atoms with Crippen LogP contribution in [0.5, 0.6) is 0 Å². The number of hydrogen-bond donors (Lipinski definition) is 1. The van der Waals surface area contributed by atoms with Crippen LogP contribution in [0.3, 0.4) is 0 Å². The molecule has 24 heavy (non-hydrogen) atoms. The highest BCUT2D eigenvalue weighted by molar-refractivity contribution is 6.34. The van der Waals surface area contributed by atoms with Crippen molar-refractivity contribution in [3.8, 4) is 0 Å². The van der Waals surface area contributed by atoms with E-state index in [-0.39, 0.29) is 27.9 Å². The highest BCUT2D eigenvalue weighted by Gasteiger charge is 2.37. The molecule has 0 fully saturated rings. The van der Waals surface area contributed by atoms with Crippen molar-refractivity contribution in [2.45, 2.75) is 0 Å². The number of rotatable bonds is 3. The van der Waals surface area contributed by atoms with E-state index in [0.29, 0.717) is 0 Å². The van der Waals surface area contributed by atoms with Crippen LogP contribution in [0.4, 0.5) is 5.69 Å². The summed E-state index contributed by atoms with van der Waals surface area (Å²) >= 11 is 0. The number of carbonyl (C=O) groups excluding carboxylic acids is 3. The van der Waals surface area contributed by atoms with E-state index in [1.807, 2.05) is 0 Å². The molecule has 1 N–H and O–H groups in total. The smallest absolute Gasteiger partial charge is 0.337 e. The second-order valence-electron chi connectivity index (χ2n) is 5.05. The number of carbonyl (C=O) groups is 4. The molecule has 0 atom stereocenters. The number of amides is 2. The van der Waals surface area contributed by atoms with Gasteiger partial charge in [0.2, 0.25) is 0 Å². The average Bonchev–Trinajstić information content (AvgIpc) is 2.84. The van der Waals surface area contributed by atoms with E-state index in [2.05, 4.69) is 4.74 Å². The van der Waals surface area contributed by atoms with Crippen LogP contribution in [-0.4, -0.2) is 36.0 Å². The predicted octanol–water partition coefficient (Wildman–Crippen LogP) is 1.97. The number of imide groups is 1. The van der Waals surface area contributed by atoms with E-state index >= 15 is 0 Å². The first kappa shape index (κ1) is 15.4. The summed E-state index contributed by atoms with van der Waals surface area (Å²) in [6.45, 7) is 0. The largest absolute Gasteiger partial charge is 0.478 e. The minimum atomic E-state index is -1.19. The zero-order valence-corrected chi connectivity index (χ0v) is 12.5. The minimum absolute atomic E-state index is 0.0170. The molecule has 1 aliphatic rings. The van der Waals surface area contributed by atoms with Gasteiger partial charge < -0.3 is 9.84 Å². The lowest BCUT2D eigenvalue weighted by atomic mass is 10.1. The summed E-state index contributed by atoms with van der Waals surface area (Å²) in [7, 11) is 1.23. The minimum Gasteiger partial charge on any atom is -0.478 e. The molecule has 1 aliphatic heterocycles. The molecule has 0 saturated heterocycles. The van der Waals surface area contributed by atoms with Gasteiger partial charge in [-0.25, -0.2) is 14.5 Å². The third kappa shape index (κ3) is 2.32. The molecule has 0 aliphatic carbocycles. The summed E-state index contributed by atoms with van der Waals surface area (Å²) in [5.74, 6) is -3.00. The van der Waals surface area contributed by atoms with Gasteiger partial charge in [-0.1, -0.05) is 6.07 Å². The Balaban J connectivity index is 2.05. The number of benzene rings is 2. The zero-order valence-electron chi connectivity index (χ0n) is 12.5. The zero-order chi connectivity index (χ0) is 17.4. The van der Waals surface area contributed by atoms with Crippen molar-refractivity contribution >= 4 is 29.4 Å². The Morgan fingerprint density at radius 2 is 1.67 bits per heavy atom. The van der Waals surface area contributed by atoms with Gasteiger partial charge in [-0.05, 0) is 36.4 Å². The van der Waals surface area contributed by atoms with Gasteiger partial charge >= 0.3 is 11.9 Å². The number of carboxylic acids is 1. The Kier molecular flexibility index (Phi) is 3.61. The Hall–Kier alpha value is -3.48. The van der Waals surface area contributed by atoms with Crippen molar-refractivity contribution in [2.24, 2.45) is 0 Å². The van der Waals surface area contributed by atoms with Crippen LogP contribution in [-0.2, 0) is 4.74 Å². The summed E-state index contributed by atoms with van der Waals surface area (Å²) in [4.78, 5) is 48.6. The van der Waals surface area contributed by atoms with Crippen LogP contribution in [0.1, 0.15) is 41.4 Å². The van der Waals surface area contributed by atoms with E-state index in [9.17, 15) is 19.2 Å². The van der Waals surface area contributed by atoms with Crippen LogP contribution >= 0.6 is 0 Å². The van der Waals surface area contributed by atoms with Gasteiger partial charge in [0.15, 0.2) is 0 Å². The molecule has 0 bridgehead atoms. The van der Waals surface area contributed by atoms with Gasteiger partial charge in [0.05, 0.1) is 35.1 Å². The maximum absolute atomic E-state index is 12.5. The third-order valence-electron chi connectivity index (χ3n) is 3.66. The molecule has 120 valence electrons. The van der Waals surface area contributed by atoms with Gasteiger partial charge in [0, 0.05) is 0 Å². The maximum atomic E-state index is 12.5. The van der Waals surface area contributed by atoms with E-state index in [1.165, 1.54) is 49.6 Å². The van der Waals surface area contributed by atoms with Crippen LogP contribution in [0, 0.1) is 0 Å². The van der Waals surface area contributed by atoms with E-state index in [4.69, 9.17) is 5.11 Å². The van der Waals surface area contributed by atoms with Crippen LogP contribution < -0.4 is 4.90 Å². The van der Waals surface area contributed by atoms with Crippen LogP contribution in [0.2, 0.25) is 0 Å². The summed E-state index contributed by atoms with van der Waals surface area (Å²) in [5.41, 5.74) is 0.454. The second-order valence-corrected chi connectivity index (χ2v) is 5.05. The number of aromatic carboxylic acids is 1. The Bertz CT molecular complexity index is 902. The van der Waals surface area contributed by atoms with Crippen molar-refractivity contribution < 1.29 is 29.0 Å². The standard InChI is InChI=1S/C17H11NO6/c1-24-17(23)10-3-2-4-11(7-10)18-14(19)12-6-5-9(16(21)22)8-13(12)15(18)20/h2-8H,1H3,(H,21,22). The third-order valence-corrected chi connectivity index (χ3v) is 3.66. The molecule has 2 aromatic carbocycles. The molecule has 0 radical (unpaired) electrons. The molecule has 1 heterocycles. The Morgan fingerprint density at radius 3 is 2.33 bits per heavy atom. The molecular formula is C17H11NO6. The first-order valence-electron chi connectivity index (χ1n) is 6.88. The van der Waals surface area contributed by atoms with Crippen molar-refractivity contribution in [3.05, 3.63) is 64.7 Å². The van der Waals surface area contributed by atoms with Crippen LogP contribution in [0.15, 0.2) is 42.5 Å². The lowest BCUT2D eigenvalue weighted by Gasteiger charge is -2.14. The fraction of sp³-hybridized carbons (Fsp3) is 0.0588. The van der Waals surface area contributed by atoms with E-state index < -0.39 is 23.8 Å². The fourth-order valence-corrected chi connectivity index (χ4v) is 2.50. The SMILES string of the molecule is COC(=O)c1cccc(N2C(=O)c3ccc(C(=O)O)cc3C2=O)c1. The monoisotopic (exact) mass is 325 g/mol. The number of nitrogens with zero attached hydrogens (tertiary/aromatic N) is 1. The maximum Gasteiger partial charge on any atom is 0.337 e. The van der Waals surface area contributed by atoms with E-state index in [1.54, 1.807) is 0 Å². The molecule has 2 aromatic rings. The summed E-state index contributed by atoms with van der Waals surface area (Å²) in [6, 6.07) is 9.63. The molecule has 7 nitrogen and oxygen atoms in total. The number of methoxy groups -OCH3 is 1. The molecule has 3 rings (SSSR count). The van der Waals surface area contributed by atoms with Gasteiger partial charge in [-0.15, -0.1) is 0 Å². The molecule has 0 saturated carbocycles. The molecular weight excluding hydrogens is 314 g/mol. The predicted molar refractivity (Wildman–Crippen MR) is 82.3 cm³/mol. The summed E-state index contributed by atoms with van der Waals surface area (Å²) in [5, 5.41) is 9.01. The number of esters is 1. The lowest BCUT2D eigenvalue weighted by Crippen LogP contribution is -2.29. The molecule has 0 unspecified atom stereocenters. The fourth-order valence-electron chi connectivity index (χ4n) is 2.50. The van der Waals surface area contributed by atoms with Crippen molar-refractivity contribution in [3.63, 3.8) is 0 Å². The number of hydrogen-bond acceptors (Lipinski definition) is 5. The van der Waals surface area contributed by atoms with Gasteiger partial charge in [-0.2, -0.15) is 0 Å². The molecule has 0 spiro atoms. The van der Waals surface area contributed by atoms with Gasteiger partial charge in [0.1, 0.15) is 0 Å². The highest BCUT2D eigenvalue weighted by atomic mass is 16.5. The molecule has 0 aromatic heterocycles. The molecule has 2 amide bonds. The first-order valence-corrected chi connectivity index (χ1v) is 6.88. The summed E-state index contributed by atoms with van der Waals surface area (Å²) < 4.78 is 4.62. The Morgan fingerprint density at radius 1 is 0.958 bits per heavy atom. The van der Waals surface area contributed by atoms with Crippen molar-refractivity contribution in [2.75, 3.05) is 12.0 Å². The highest BCUT2D eigenvalue weighted by Crippen LogP contribution is 2.29. The summed E-state index contributed by atoms with van der Waals surface area (Å²) in [6.07, 6.45) is 0. The second kappa shape index (κ2) is 5.62. The lowest BCUT2D eigenvalue weighted by molar-refractivity contribution is 0.0599. The van der Waals surface area contributed by atoms with Gasteiger partial charge in [-0.3, -0.25) is 9.59 Å². The van der Waals surface area contributed by atoms with Crippen molar-refractivity contribution in [1.82, 2.24) is 0 Å². The Labute approximate surface area is 136 Å². The number of ether oxygens (including phenoxy) is 1. The average molecular weight is 325 g/mol. The van der Waals surface area contributed by atoms with Crippen molar-refractivity contribution in [1.29, 1.82) is 0 Å². The topological polar surface area (TPSA) is 101 Å². The number of fused-ring (bicyclic) bond motifs is 1. The van der Waals surface area contributed by atoms with Gasteiger partial charge in [0.25, 0.3) is 11.8 Å².